The molecule has 162 valence electrons. The van der Waals surface area contributed by atoms with Gasteiger partial charge in [-0.25, -0.2) is 17.9 Å². The van der Waals surface area contributed by atoms with Gasteiger partial charge in [-0.15, -0.1) is 0 Å². The highest BCUT2D eigenvalue weighted by Crippen LogP contribution is 2.16. The molecule has 2 amide bonds. The Labute approximate surface area is 177 Å². The minimum Gasteiger partial charge on any atom is -0.444 e. The summed E-state index contributed by atoms with van der Waals surface area (Å²) in [6.45, 7) is 5.72. The third kappa shape index (κ3) is 6.57. The van der Waals surface area contributed by atoms with Crippen LogP contribution in [0.15, 0.2) is 53.4 Å². The number of ether oxygens (including phenoxy) is 1. The number of carbonyl (C=O) groups is 2. The molecule has 0 aliphatic rings. The van der Waals surface area contributed by atoms with E-state index in [4.69, 9.17) is 4.74 Å². The van der Waals surface area contributed by atoms with E-state index in [0.29, 0.717) is 17.8 Å². The van der Waals surface area contributed by atoms with E-state index in [9.17, 15) is 18.0 Å². The lowest BCUT2D eigenvalue weighted by Gasteiger charge is -2.24. The quantitative estimate of drug-likeness (QED) is 0.728. The standard InChI is InChI=1S/C21H27N3O5S/c1-21(2,3)29-20(26)24(5)14-15-7-6-8-17(13-15)23-19(25)16-9-11-18(12-10-16)30(27,28)22-4/h6-13,22H,14H2,1-5H3,(H,23,25). The molecule has 0 saturated carbocycles. The Morgan fingerprint density at radius 1 is 1.07 bits per heavy atom. The van der Waals surface area contributed by atoms with Crippen LogP contribution in [0.4, 0.5) is 10.5 Å². The maximum Gasteiger partial charge on any atom is 0.410 e. The fourth-order valence-corrected chi connectivity index (χ4v) is 3.26. The summed E-state index contributed by atoms with van der Waals surface area (Å²) in [6.07, 6.45) is -0.437. The zero-order valence-electron chi connectivity index (χ0n) is 17.7. The Balaban J connectivity index is 2.06. The second-order valence-electron chi connectivity index (χ2n) is 7.72. The minimum absolute atomic E-state index is 0.0775. The molecule has 2 aromatic rings. The van der Waals surface area contributed by atoms with Crippen LogP contribution in [-0.4, -0.2) is 45.0 Å². The van der Waals surface area contributed by atoms with Crippen LogP contribution in [0.2, 0.25) is 0 Å². The van der Waals surface area contributed by atoms with Crippen LogP contribution >= 0.6 is 0 Å². The first-order chi connectivity index (χ1) is 13.9. The molecule has 0 unspecified atom stereocenters. The summed E-state index contributed by atoms with van der Waals surface area (Å²) in [5.74, 6) is -0.374. The molecule has 0 spiro atoms. The van der Waals surface area contributed by atoms with Gasteiger partial charge in [0.1, 0.15) is 5.60 Å². The van der Waals surface area contributed by atoms with E-state index in [2.05, 4.69) is 10.0 Å². The number of nitrogens with one attached hydrogen (secondary N) is 2. The lowest BCUT2D eigenvalue weighted by Crippen LogP contribution is -2.33. The Morgan fingerprint density at radius 3 is 2.27 bits per heavy atom. The van der Waals surface area contributed by atoms with Crippen LogP contribution in [0.5, 0.6) is 0 Å². The Morgan fingerprint density at radius 2 is 1.70 bits per heavy atom. The van der Waals surface area contributed by atoms with Crippen LogP contribution in [-0.2, 0) is 21.3 Å². The highest BCUT2D eigenvalue weighted by molar-refractivity contribution is 7.89. The van der Waals surface area contributed by atoms with Crippen molar-refractivity contribution in [2.75, 3.05) is 19.4 Å². The summed E-state index contributed by atoms with van der Waals surface area (Å²) in [4.78, 5) is 26.1. The monoisotopic (exact) mass is 433 g/mol. The molecule has 0 aliphatic heterocycles. The largest absolute Gasteiger partial charge is 0.444 e. The fraction of sp³-hybridized carbons (Fsp3) is 0.333. The molecule has 0 fully saturated rings. The molecule has 30 heavy (non-hydrogen) atoms. The van der Waals surface area contributed by atoms with Gasteiger partial charge in [0.05, 0.1) is 4.90 Å². The van der Waals surface area contributed by atoms with Crippen LogP contribution in [0.1, 0.15) is 36.7 Å². The Kier molecular flexibility index (Phi) is 7.22. The van der Waals surface area contributed by atoms with Crippen LogP contribution < -0.4 is 10.0 Å². The summed E-state index contributed by atoms with van der Waals surface area (Å²) in [6, 6.07) is 12.7. The summed E-state index contributed by atoms with van der Waals surface area (Å²) < 4.78 is 31.1. The van der Waals surface area contributed by atoms with Crippen molar-refractivity contribution in [2.24, 2.45) is 0 Å². The second-order valence-corrected chi connectivity index (χ2v) is 9.61. The molecule has 0 saturated heterocycles. The first-order valence-electron chi connectivity index (χ1n) is 9.29. The maximum atomic E-state index is 12.5. The van der Waals surface area contributed by atoms with Gasteiger partial charge in [-0.3, -0.25) is 4.79 Å². The number of rotatable bonds is 6. The fourth-order valence-electron chi connectivity index (χ4n) is 2.53. The van der Waals surface area contributed by atoms with Gasteiger partial charge in [-0.1, -0.05) is 12.1 Å². The number of hydrogen-bond acceptors (Lipinski definition) is 5. The molecule has 8 nitrogen and oxygen atoms in total. The first-order valence-corrected chi connectivity index (χ1v) is 10.8. The van der Waals surface area contributed by atoms with Gasteiger partial charge >= 0.3 is 6.09 Å². The third-order valence-corrected chi connectivity index (χ3v) is 5.44. The van der Waals surface area contributed by atoms with Gasteiger partial charge in [0, 0.05) is 24.8 Å². The van der Waals surface area contributed by atoms with Crippen molar-refractivity contribution >= 4 is 27.7 Å². The topological polar surface area (TPSA) is 105 Å². The normalized spacial score (nSPS) is 11.6. The molecule has 2 aromatic carbocycles. The zero-order valence-corrected chi connectivity index (χ0v) is 18.5. The van der Waals surface area contributed by atoms with E-state index in [1.54, 1.807) is 46.0 Å². The van der Waals surface area contributed by atoms with Crippen molar-refractivity contribution < 1.29 is 22.7 Å². The molecule has 2 rings (SSSR count). The number of benzene rings is 2. The van der Waals surface area contributed by atoms with Gasteiger partial charge in [0.25, 0.3) is 5.91 Å². The van der Waals surface area contributed by atoms with Gasteiger partial charge in [-0.2, -0.15) is 0 Å². The van der Waals surface area contributed by atoms with Crippen LogP contribution in [0.3, 0.4) is 0 Å². The van der Waals surface area contributed by atoms with E-state index in [0.717, 1.165) is 5.56 Å². The molecule has 0 radical (unpaired) electrons. The summed E-state index contributed by atoms with van der Waals surface area (Å²) in [5.41, 5.74) is 1.11. The van der Waals surface area contributed by atoms with Gasteiger partial charge in [-0.05, 0) is 69.8 Å². The minimum atomic E-state index is -3.56. The van der Waals surface area contributed by atoms with Gasteiger partial charge < -0.3 is 15.0 Å². The number of hydrogen-bond donors (Lipinski definition) is 2. The van der Waals surface area contributed by atoms with Crippen molar-refractivity contribution in [3.05, 3.63) is 59.7 Å². The smallest absolute Gasteiger partial charge is 0.410 e. The molecule has 0 atom stereocenters. The molecule has 0 aromatic heterocycles. The van der Waals surface area contributed by atoms with E-state index in [-0.39, 0.29) is 10.8 Å². The van der Waals surface area contributed by atoms with Crippen LogP contribution in [0.25, 0.3) is 0 Å². The molecular weight excluding hydrogens is 406 g/mol. The zero-order chi connectivity index (χ0) is 22.5. The first kappa shape index (κ1) is 23.4. The number of amides is 2. The molecule has 2 N–H and O–H groups in total. The van der Waals surface area contributed by atoms with E-state index < -0.39 is 21.7 Å². The highest BCUT2D eigenvalue weighted by atomic mass is 32.2. The lowest BCUT2D eigenvalue weighted by atomic mass is 10.1. The molecule has 0 aliphatic carbocycles. The van der Waals surface area contributed by atoms with E-state index in [1.165, 1.54) is 36.2 Å². The predicted molar refractivity (Wildman–Crippen MR) is 115 cm³/mol. The average Bonchev–Trinajstić information content (AvgIpc) is 2.67. The molecular formula is C21H27N3O5S. The van der Waals surface area contributed by atoms with E-state index in [1.807, 2.05) is 6.07 Å². The summed E-state index contributed by atoms with van der Waals surface area (Å²) in [5, 5.41) is 2.77. The van der Waals surface area contributed by atoms with E-state index >= 15 is 0 Å². The number of nitrogens with zero attached hydrogens (tertiary/aromatic N) is 1. The average molecular weight is 434 g/mol. The summed E-state index contributed by atoms with van der Waals surface area (Å²) in [7, 11) is -0.598. The Bertz CT molecular complexity index is 1010. The molecule has 0 bridgehead atoms. The molecule has 0 heterocycles. The van der Waals surface area contributed by atoms with Crippen molar-refractivity contribution in [1.82, 2.24) is 9.62 Å². The van der Waals surface area contributed by atoms with Crippen molar-refractivity contribution in [2.45, 2.75) is 37.8 Å². The summed E-state index contributed by atoms with van der Waals surface area (Å²) >= 11 is 0. The maximum absolute atomic E-state index is 12.5. The van der Waals surface area contributed by atoms with Gasteiger partial charge in [0.15, 0.2) is 0 Å². The second kappa shape index (κ2) is 9.27. The highest BCUT2D eigenvalue weighted by Gasteiger charge is 2.20. The predicted octanol–water partition coefficient (Wildman–Crippen LogP) is 3.21. The van der Waals surface area contributed by atoms with Crippen molar-refractivity contribution in [3.8, 4) is 0 Å². The molecule has 9 heteroatoms. The third-order valence-electron chi connectivity index (χ3n) is 4.01. The van der Waals surface area contributed by atoms with Crippen LogP contribution in [0, 0.1) is 0 Å². The Hall–Kier alpha value is -2.91. The number of anilines is 1. The van der Waals surface area contributed by atoms with Crippen molar-refractivity contribution in [1.29, 1.82) is 0 Å². The SMILES string of the molecule is CNS(=O)(=O)c1ccc(C(=O)Nc2cccc(CN(C)C(=O)OC(C)(C)C)c2)cc1. The number of carbonyl (C=O) groups excluding carboxylic acids is 2. The van der Waals surface area contributed by atoms with Gasteiger partial charge in [0.2, 0.25) is 10.0 Å². The number of sulfonamides is 1. The van der Waals surface area contributed by atoms with Crippen molar-refractivity contribution in [3.63, 3.8) is 0 Å². The lowest BCUT2D eigenvalue weighted by molar-refractivity contribution is 0.0285.